The van der Waals surface area contributed by atoms with Gasteiger partial charge in [0.25, 0.3) is 0 Å². The van der Waals surface area contributed by atoms with E-state index in [-0.39, 0.29) is 6.10 Å². The van der Waals surface area contributed by atoms with Crippen LogP contribution in [-0.4, -0.2) is 18.7 Å². The number of rotatable bonds is 6. The Morgan fingerprint density at radius 3 is 2.62 bits per heavy atom. The van der Waals surface area contributed by atoms with Gasteiger partial charge in [0, 0.05) is 6.04 Å². The van der Waals surface area contributed by atoms with Crippen molar-refractivity contribution in [1.82, 2.24) is 5.32 Å². The second-order valence-corrected chi connectivity index (χ2v) is 4.40. The molecule has 0 aliphatic heterocycles. The van der Waals surface area contributed by atoms with Crippen LogP contribution in [-0.2, 0) is 0 Å². The first kappa shape index (κ1) is 13.3. The largest absolute Gasteiger partial charge is 0.488 e. The Bertz CT molecular complexity index is 317. The summed E-state index contributed by atoms with van der Waals surface area (Å²) >= 11 is 6.03. The molecule has 0 heterocycles. The third kappa shape index (κ3) is 4.03. The Morgan fingerprint density at radius 2 is 2.00 bits per heavy atom. The molecule has 0 fully saturated rings. The maximum absolute atomic E-state index is 6.03. The minimum absolute atomic E-state index is 0.103. The van der Waals surface area contributed by atoms with Crippen molar-refractivity contribution in [3.8, 4) is 5.75 Å². The molecule has 0 saturated carbocycles. The molecule has 0 spiro atoms. The van der Waals surface area contributed by atoms with Crippen LogP contribution in [0.1, 0.15) is 27.2 Å². The van der Waals surface area contributed by atoms with Crippen LogP contribution in [0.25, 0.3) is 0 Å². The van der Waals surface area contributed by atoms with E-state index in [0.717, 1.165) is 18.7 Å². The van der Waals surface area contributed by atoms with E-state index in [2.05, 4.69) is 26.1 Å². The summed E-state index contributed by atoms with van der Waals surface area (Å²) in [6.07, 6.45) is 1.23. The lowest BCUT2D eigenvalue weighted by Gasteiger charge is -2.23. The first-order chi connectivity index (χ1) is 7.65. The van der Waals surface area contributed by atoms with Crippen molar-refractivity contribution in [3.63, 3.8) is 0 Å². The van der Waals surface area contributed by atoms with Gasteiger partial charge in [0.2, 0.25) is 0 Å². The zero-order valence-corrected chi connectivity index (χ0v) is 10.9. The molecule has 1 aromatic carbocycles. The van der Waals surface area contributed by atoms with Gasteiger partial charge in [-0.2, -0.15) is 0 Å². The summed E-state index contributed by atoms with van der Waals surface area (Å²) < 4.78 is 5.81. The monoisotopic (exact) mass is 241 g/mol. The topological polar surface area (TPSA) is 21.3 Å². The number of ether oxygens (including phenoxy) is 1. The van der Waals surface area contributed by atoms with Crippen LogP contribution >= 0.6 is 11.6 Å². The van der Waals surface area contributed by atoms with Gasteiger partial charge in [-0.3, -0.25) is 0 Å². The maximum Gasteiger partial charge on any atom is 0.138 e. The first-order valence-electron chi connectivity index (χ1n) is 5.79. The van der Waals surface area contributed by atoms with Crippen LogP contribution in [0, 0.1) is 0 Å². The fourth-order valence-electron chi connectivity index (χ4n) is 1.38. The van der Waals surface area contributed by atoms with Crippen molar-refractivity contribution in [2.45, 2.75) is 39.3 Å². The Labute approximate surface area is 103 Å². The van der Waals surface area contributed by atoms with Gasteiger partial charge >= 0.3 is 0 Å². The summed E-state index contributed by atoms with van der Waals surface area (Å²) in [4.78, 5) is 0. The normalized spacial score (nSPS) is 14.5. The molecule has 0 aromatic heterocycles. The van der Waals surface area contributed by atoms with E-state index in [4.69, 9.17) is 16.3 Å². The van der Waals surface area contributed by atoms with Crippen molar-refractivity contribution in [1.29, 1.82) is 0 Å². The number of nitrogens with one attached hydrogen (secondary N) is 1. The molecular weight excluding hydrogens is 222 g/mol. The van der Waals surface area contributed by atoms with E-state index in [0.29, 0.717) is 11.1 Å². The fraction of sp³-hybridized carbons (Fsp3) is 0.538. The minimum atomic E-state index is 0.103. The quantitative estimate of drug-likeness (QED) is 0.823. The SMILES string of the molecule is CCCNC(C)C(C)Oc1ccccc1Cl. The highest BCUT2D eigenvalue weighted by molar-refractivity contribution is 6.32. The third-order valence-electron chi connectivity index (χ3n) is 2.57. The summed E-state index contributed by atoms with van der Waals surface area (Å²) in [5.41, 5.74) is 0. The summed E-state index contributed by atoms with van der Waals surface area (Å²) in [7, 11) is 0. The molecule has 3 heteroatoms. The Kier molecular flexibility index (Phi) is 5.64. The number of benzene rings is 1. The maximum atomic E-state index is 6.03. The summed E-state index contributed by atoms with van der Waals surface area (Å²) in [6.45, 7) is 7.34. The first-order valence-corrected chi connectivity index (χ1v) is 6.17. The van der Waals surface area contributed by atoms with Crippen molar-refractivity contribution in [3.05, 3.63) is 29.3 Å². The van der Waals surface area contributed by atoms with Gasteiger partial charge < -0.3 is 10.1 Å². The predicted octanol–water partition coefficient (Wildman–Crippen LogP) is 3.50. The van der Waals surface area contributed by atoms with Crippen molar-refractivity contribution < 1.29 is 4.74 Å². The average Bonchev–Trinajstić information content (AvgIpc) is 2.28. The lowest BCUT2D eigenvalue weighted by Crippen LogP contribution is -2.39. The molecule has 0 bridgehead atoms. The van der Waals surface area contributed by atoms with Crippen LogP contribution in [0.3, 0.4) is 0 Å². The standard InChI is InChI=1S/C13H20ClNO/c1-4-9-15-10(2)11(3)16-13-8-6-5-7-12(13)14/h5-8,10-11,15H,4,9H2,1-3H3. The lowest BCUT2D eigenvalue weighted by atomic mass is 10.2. The van der Waals surface area contributed by atoms with Crippen molar-refractivity contribution in [2.24, 2.45) is 0 Å². The molecule has 2 nitrogen and oxygen atoms in total. The van der Waals surface area contributed by atoms with E-state index < -0.39 is 0 Å². The number of hydrogen-bond acceptors (Lipinski definition) is 2. The van der Waals surface area contributed by atoms with E-state index in [9.17, 15) is 0 Å². The Hall–Kier alpha value is -0.730. The zero-order valence-electron chi connectivity index (χ0n) is 10.2. The number of hydrogen-bond donors (Lipinski definition) is 1. The molecule has 0 amide bonds. The second kappa shape index (κ2) is 6.77. The molecule has 1 rings (SSSR count). The van der Waals surface area contributed by atoms with Gasteiger partial charge in [-0.05, 0) is 38.9 Å². The molecule has 2 unspecified atom stereocenters. The molecule has 0 saturated heterocycles. The van der Waals surface area contributed by atoms with Gasteiger partial charge in [0.1, 0.15) is 11.9 Å². The van der Waals surface area contributed by atoms with Crippen LogP contribution < -0.4 is 10.1 Å². The van der Waals surface area contributed by atoms with Crippen LogP contribution in [0.2, 0.25) is 5.02 Å². The summed E-state index contributed by atoms with van der Waals surface area (Å²) in [5.74, 6) is 0.752. The fourth-order valence-corrected chi connectivity index (χ4v) is 1.56. The lowest BCUT2D eigenvalue weighted by molar-refractivity contribution is 0.178. The number of para-hydroxylation sites is 1. The third-order valence-corrected chi connectivity index (χ3v) is 2.88. The highest BCUT2D eigenvalue weighted by Crippen LogP contribution is 2.24. The van der Waals surface area contributed by atoms with Crippen LogP contribution in [0.15, 0.2) is 24.3 Å². The van der Waals surface area contributed by atoms with Gasteiger partial charge in [-0.25, -0.2) is 0 Å². The van der Waals surface area contributed by atoms with Gasteiger partial charge in [-0.15, -0.1) is 0 Å². The van der Waals surface area contributed by atoms with Gasteiger partial charge in [0.15, 0.2) is 0 Å². The summed E-state index contributed by atoms with van der Waals surface area (Å²) in [5, 5.41) is 4.07. The molecular formula is C13H20ClNO. The van der Waals surface area contributed by atoms with E-state index in [1.165, 1.54) is 0 Å². The van der Waals surface area contributed by atoms with Gasteiger partial charge in [-0.1, -0.05) is 30.7 Å². The molecule has 16 heavy (non-hydrogen) atoms. The highest BCUT2D eigenvalue weighted by atomic mass is 35.5. The molecule has 0 aliphatic carbocycles. The second-order valence-electron chi connectivity index (χ2n) is 4.00. The predicted molar refractivity (Wildman–Crippen MR) is 69.3 cm³/mol. The van der Waals surface area contributed by atoms with Gasteiger partial charge in [0.05, 0.1) is 5.02 Å². The molecule has 2 atom stereocenters. The average molecular weight is 242 g/mol. The molecule has 1 aromatic rings. The van der Waals surface area contributed by atoms with E-state index >= 15 is 0 Å². The zero-order chi connectivity index (χ0) is 12.0. The van der Waals surface area contributed by atoms with E-state index in [1.807, 2.05) is 24.3 Å². The highest BCUT2D eigenvalue weighted by Gasteiger charge is 2.13. The Morgan fingerprint density at radius 1 is 1.31 bits per heavy atom. The minimum Gasteiger partial charge on any atom is -0.488 e. The number of halogens is 1. The van der Waals surface area contributed by atoms with E-state index in [1.54, 1.807) is 0 Å². The molecule has 1 N–H and O–H groups in total. The Balaban J connectivity index is 2.50. The summed E-state index contributed by atoms with van der Waals surface area (Å²) in [6, 6.07) is 7.88. The molecule has 0 aliphatic rings. The molecule has 90 valence electrons. The van der Waals surface area contributed by atoms with Crippen LogP contribution in [0.4, 0.5) is 0 Å². The smallest absolute Gasteiger partial charge is 0.138 e. The van der Waals surface area contributed by atoms with Crippen molar-refractivity contribution in [2.75, 3.05) is 6.54 Å². The van der Waals surface area contributed by atoms with Crippen LogP contribution in [0.5, 0.6) is 5.75 Å². The molecule has 0 radical (unpaired) electrons. The van der Waals surface area contributed by atoms with Crippen molar-refractivity contribution >= 4 is 11.6 Å².